The third-order valence-electron chi connectivity index (χ3n) is 2.71. The van der Waals surface area contributed by atoms with Gasteiger partial charge in [0.15, 0.2) is 5.78 Å². The summed E-state index contributed by atoms with van der Waals surface area (Å²) in [6, 6.07) is 7.00. The number of hydrogen-bond acceptors (Lipinski definition) is 3. The highest BCUT2D eigenvalue weighted by molar-refractivity contribution is 5.93. The molecule has 0 fully saturated rings. The first-order valence-corrected chi connectivity index (χ1v) is 5.44. The van der Waals surface area contributed by atoms with Crippen LogP contribution in [0.1, 0.15) is 22.8 Å². The molecule has 0 spiro atoms. The molecule has 0 radical (unpaired) electrons. The number of benzene rings is 1. The summed E-state index contributed by atoms with van der Waals surface area (Å²) in [7, 11) is 0. The number of hydrogen-bond donors (Lipinski definition) is 1. The number of aromatic amines is 1. The van der Waals surface area contributed by atoms with Gasteiger partial charge in [-0.2, -0.15) is 0 Å². The first-order valence-electron chi connectivity index (χ1n) is 5.44. The fourth-order valence-corrected chi connectivity index (χ4v) is 1.76. The van der Waals surface area contributed by atoms with E-state index in [1.807, 2.05) is 6.07 Å². The van der Waals surface area contributed by atoms with E-state index in [-0.39, 0.29) is 11.3 Å². The second-order valence-electron chi connectivity index (χ2n) is 3.99. The van der Waals surface area contributed by atoms with Crippen molar-refractivity contribution < 1.29 is 4.79 Å². The monoisotopic (exact) mass is 244 g/mol. The Morgan fingerprint density at radius 2 is 1.89 bits per heavy atom. The molecule has 1 heterocycles. The molecule has 5 heteroatoms. The van der Waals surface area contributed by atoms with Gasteiger partial charge >= 0.3 is 5.69 Å². The molecule has 0 saturated heterocycles. The van der Waals surface area contributed by atoms with E-state index in [2.05, 4.69) is 4.98 Å². The maximum Gasteiger partial charge on any atom is 0.333 e. The highest BCUT2D eigenvalue weighted by Crippen LogP contribution is 2.09. The minimum atomic E-state index is -0.597. The number of carbonyl (C=O) groups excluding carboxylic acids is 1. The van der Waals surface area contributed by atoms with Crippen molar-refractivity contribution in [3.63, 3.8) is 0 Å². The number of aryl methyl sites for hydroxylation is 1. The predicted molar refractivity (Wildman–Crippen MR) is 67.4 cm³/mol. The zero-order valence-electron chi connectivity index (χ0n) is 10.1. The summed E-state index contributed by atoms with van der Waals surface area (Å²) in [5.74, 6) is -0.376. The number of ketones is 1. The Balaban J connectivity index is 2.84. The summed E-state index contributed by atoms with van der Waals surface area (Å²) in [5.41, 5.74) is 0.0790. The molecule has 0 atom stereocenters. The third kappa shape index (κ3) is 1.90. The maximum atomic E-state index is 12.1. The lowest BCUT2D eigenvalue weighted by atomic mass is 10.2. The molecule has 0 aliphatic heterocycles. The Bertz CT molecular complexity index is 726. The molecule has 92 valence electrons. The van der Waals surface area contributed by atoms with Crippen LogP contribution in [0, 0.1) is 6.92 Å². The molecule has 0 aliphatic rings. The second-order valence-corrected chi connectivity index (χ2v) is 3.99. The number of aromatic nitrogens is 2. The standard InChI is InChI=1S/C13H12N2O3/c1-8-5-3-4-6-11(8)15-12(17)10(9(2)16)7-14-13(15)18/h3-7H,1-2H3,(H,14,18). The minimum absolute atomic E-state index is 0.0298. The van der Waals surface area contributed by atoms with Crippen molar-refractivity contribution in [1.29, 1.82) is 0 Å². The van der Waals surface area contributed by atoms with Gasteiger partial charge in [0.25, 0.3) is 5.56 Å². The summed E-state index contributed by atoms with van der Waals surface area (Å²) in [6.45, 7) is 3.08. The van der Waals surface area contributed by atoms with Gasteiger partial charge < -0.3 is 4.98 Å². The molecule has 0 aliphatic carbocycles. The van der Waals surface area contributed by atoms with Crippen LogP contribution in [-0.4, -0.2) is 15.3 Å². The van der Waals surface area contributed by atoms with Gasteiger partial charge in [-0.25, -0.2) is 9.36 Å². The van der Waals surface area contributed by atoms with E-state index < -0.39 is 11.2 Å². The zero-order chi connectivity index (χ0) is 13.3. The van der Waals surface area contributed by atoms with E-state index in [9.17, 15) is 14.4 Å². The Morgan fingerprint density at radius 3 is 2.50 bits per heavy atom. The van der Waals surface area contributed by atoms with Gasteiger partial charge in [-0.05, 0) is 25.5 Å². The largest absolute Gasteiger partial charge is 0.333 e. The molecule has 5 nitrogen and oxygen atoms in total. The lowest BCUT2D eigenvalue weighted by Crippen LogP contribution is -2.36. The number of nitrogens with zero attached hydrogens (tertiary/aromatic N) is 1. The molecule has 0 unspecified atom stereocenters. The van der Waals surface area contributed by atoms with Crippen LogP contribution in [0.15, 0.2) is 40.1 Å². The molecule has 0 bridgehead atoms. The van der Waals surface area contributed by atoms with E-state index in [1.165, 1.54) is 6.92 Å². The van der Waals surface area contributed by atoms with Gasteiger partial charge in [0.05, 0.1) is 11.3 Å². The molecule has 1 aromatic carbocycles. The van der Waals surface area contributed by atoms with Crippen LogP contribution in [-0.2, 0) is 0 Å². The lowest BCUT2D eigenvalue weighted by molar-refractivity contribution is 0.101. The summed E-state index contributed by atoms with van der Waals surface area (Å²) in [5, 5.41) is 0. The fraction of sp³-hybridized carbons (Fsp3) is 0.154. The topological polar surface area (TPSA) is 71.9 Å². The average Bonchev–Trinajstić information content (AvgIpc) is 2.31. The SMILES string of the molecule is CC(=O)c1c[nH]c(=O)n(-c2ccccc2C)c1=O. The second kappa shape index (κ2) is 4.44. The molecular formula is C13H12N2O3. The van der Waals surface area contributed by atoms with Crippen LogP contribution in [0.5, 0.6) is 0 Å². The van der Waals surface area contributed by atoms with Crippen LogP contribution in [0.4, 0.5) is 0 Å². The molecule has 2 aromatic rings. The first kappa shape index (κ1) is 12.0. The van der Waals surface area contributed by atoms with Crippen LogP contribution in [0.3, 0.4) is 0 Å². The Kier molecular flexibility index (Phi) is 2.97. The number of rotatable bonds is 2. The predicted octanol–water partition coefficient (Wildman–Crippen LogP) is 1.04. The van der Waals surface area contributed by atoms with Crippen LogP contribution in [0.2, 0.25) is 0 Å². The van der Waals surface area contributed by atoms with Gasteiger partial charge in [0.2, 0.25) is 0 Å². The first-order chi connectivity index (χ1) is 8.52. The summed E-state index contributed by atoms with van der Waals surface area (Å²) >= 11 is 0. The molecule has 18 heavy (non-hydrogen) atoms. The van der Waals surface area contributed by atoms with Crippen LogP contribution < -0.4 is 11.2 Å². The highest BCUT2D eigenvalue weighted by atomic mass is 16.2. The molecule has 2 rings (SSSR count). The van der Waals surface area contributed by atoms with Crippen molar-refractivity contribution in [2.75, 3.05) is 0 Å². The third-order valence-corrected chi connectivity index (χ3v) is 2.71. The van der Waals surface area contributed by atoms with Crippen LogP contribution in [0.25, 0.3) is 5.69 Å². The zero-order valence-corrected chi connectivity index (χ0v) is 10.1. The van der Waals surface area contributed by atoms with Gasteiger partial charge in [0.1, 0.15) is 0 Å². The maximum absolute atomic E-state index is 12.1. The summed E-state index contributed by atoms with van der Waals surface area (Å²) in [4.78, 5) is 37.6. The number of H-pyrrole nitrogens is 1. The van der Waals surface area contributed by atoms with E-state index >= 15 is 0 Å². The minimum Gasteiger partial charge on any atom is -0.313 e. The average molecular weight is 244 g/mol. The van der Waals surface area contributed by atoms with Crippen molar-refractivity contribution in [1.82, 2.24) is 9.55 Å². The van der Waals surface area contributed by atoms with E-state index in [0.717, 1.165) is 16.3 Å². The number of carbonyl (C=O) groups is 1. The van der Waals surface area contributed by atoms with Crippen LogP contribution >= 0.6 is 0 Å². The van der Waals surface area contributed by atoms with Crippen molar-refractivity contribution in [3.05, 3.63) is 62.4 Å². The van der Waals surface area contributed by atoms with Crippen molar-refractivity contribution in [2.24, 2.45) is 0 Å². The van der Waals surface area contributed by atoms with E-state index in [0.29, 0.717) is 5.69 Å². The molecule has 1 N–H and O–H groups in total. The van der Waals surface area contributed by atoms with Gasteiger partial charge in [-0.3, -0.25) is 9.59 Å². The smallest absolute Gasteiger partial charge is 0.313 e. The number of para-hydroxylation sites is 1. The molecular weight excluding hydrogens is 232 g/mol. The summed E-state index contributed by atoms with van der Waals surface area (Å²) in [6.07, 6.45) is 1.15. The Hall–Kier alpha value is -2.43. The Labute approximate surface area is 103 Å². The molecule has 0 saturated carbocycles. The van der Waals surface area contributed by atoms with Crippen molar-refractivity contribution in [3.8, 4) is 5.69 Å². The molecule has 1 aromatic heterocycles. The summed E-state index contributed by atoms with van der Waals surface area (Å²) < 4.78 is 0.978. The normalized spacial score (nSPS) is 10.3. The lowest BCUT2D eigenvalue weighted by Gasteiger charge is -2.08. The van der Waals surface area contributed by atoms with Gasteiger partial charge in [0, 0.05) is 6.20 Å². The number of Topliss-reactive ketones (excluding diaryl/α,β-unsaturated/α-hetero) is 1. The molecule has 0 amide bonds. The van der Waals surface area contributed by atoms with E-state index in [4.69, 9.17) is 0 Å². The highest BCUT2D eigenvalue weighted by Gasteiger charge is 2.13. The quantitative estimate of drug-likeness (QED) is 0.802. The van der Waals surface area contributed by atoms with Gasteiger partial charge in [-0.1, -0.05) is 18.2 Å². The van der Waals surface area contributed by atoms with E-state index in [1.54, 1.807) is 25.1 Å². The number of nitrogens with one attached hydrogen (secondary N) is 1. The van der Waals surface area contributed by atoms with Crippen molar-refractivity contribution in [2.45, 2.75) is 13.8 Å². The Morgan fingerprint density at radius 1 is 1.22 bits per heavy atom. The van der Waals surface area contributed by atoms with Gasteiger partial charge in [-0.15, -0.1) is 0 Å². The fourth-order valence-electron chi connectivity index (χ4n) is 1.76. The van der Waals surface area contributed by atoms with Crippen molar-refractivity contribution >= 4 is 5.78 Å².